The zero-order valence-corrected chi connectivity index (χ0v) is 16.7. The second kappa shape index (κ2) is 10.3. The van der Waals surface area contributed by atoms with Gasteiger partial charge in [-0.3, -0.25) is 4.79 Å². The van der Waals surface area contributed by atoms with Crippen LogP contribution < -0.4 is 14.8 Å². The minimum atomic E-state index is -0.908. The molecule has 0 heterocycles. The highest BCUT2D eigenvalue weighted by molar-refractivity contribution is 5.92. The molecule has 0 radical (unpaired) electrons. The summed E-state index contributed by atoms with van der Waals surface area (Å²) in [4.78, 5) is 24.7. The van der Waals surface area contributed by atoms with E-state index >= 15 is 0 Å². The lowest BCUT2D eigenvalue weighted by atomic mass is 9.96. The highest BCUT2D eigenvalue weighted by Gasteiger charge is 2.21. The third-order valence-electron chi connectivity index (χ3n) is 4.56. The third-order valence-corrected chi connectivity index (χ3v) is 4.56. The predicted octanol–water partition coefficient (Wildman–Crippen LogP) is 3.56. The number of hydrogen-bond acceptors (Lipinski definition) is 5. The molecule has 6 nitrogen and oxygen atoms in total. The van der Waals surface area contributed by atoms with Crippen LogP contribution in [0.1, 0.15) is 42.1 Å². The number of benzene rings is 2. The fraction of sp³-hybridized carbons (Fsp3) is 0.364. The van der Waals surface area contributed by atoms with E-state index in [-0.39, 0.29) is 17.4 Å². The molecule has 0 saturated carbocycles. The molecule has 2 aromatic rings. The maximum atomic E-state index is 12.4. The number of methoxy groups -OCH3 is 2. The van der Waals surface area contributed by atoms with Gasteiger partial charge in [0, 0.05) is 12.5 Å². The fourth-order valence-corrected chi connectivity index (χ4v) is 2.84. The maximum absolute atomic E-state index is 12.4. The van der Waals surface area contributed by atoms with Crippen LogP contribution in [0, 0.1) is 0 Å². The number of esters is 1. The van der Waals surface area contributed by atoms with E-state index in [1.54, 1.807) is 19.1 Å². The molecule has 0 spiro atoms. The van der Waals surface area contributed by atoms with Crippen molar-refractivity contribution in [3.63, 3.8) is 0 Å². The van der Waals surface area contributed by atoms with Crippen molar-refractivity contribution in [3.05, 3.63) is 59.7 Å². The predicted molar refractivity (Wildman–Crippen MR) is 107 cm³/mol. The van der Waals surface area contributed by atoms with Crippen LogP contribution in [0.15, 0.2) is 48.5 Å². The largest absolute Gasteiger partial charge is 0.493 e. The van der Waals surface area contributed by atoms with Crippen molar-refractivity contribution < 1.29 is 23.8 Å². The number of amides is 1. The third kappa shape index (κ3) is 5.49. The minimum Gasteiger partial charge on any atom is -0.493 e. The molecular weight excluding hydrogens is 358 g/mol. The molecule has 0 unspecified atom stereocenters. The Morgan fingerprint density at radius 3 is 2.29 bits per heavy atom. The van der Waals surface area contributed by atoms with Crippen molar-refractivity contribution in [2.45, 2.75) is 32.3 Å². The van der Waals surface area contributed by atoms with Gasteiger partial charge < -0.3 is 19.5 Å². The van der Waals surface area contributed by atoms with Crippen LogP contribution in [0.5, 0.6) is 11.5 Å². The van der Waals surface area contributed by atoms with Crippen molar-refractivity contribution in [2.75, 3.05) is 20.8 Å². The Morgan fingerprint density at radius 1 is 1.00 bits per heavy atom. The molecule has 6 heteroatoms. The molecule has 0 fully saturated rings. The fourth-order valence-electron chi connectivity index (χ4n) is 2.84. The summed E-state index contributed by atoms with van der Waals surface area (Å²) in [7, 11) is 3.00. The maximum Gasteiger partial charge on any atom is 0.339 e. The molecule has 0 aliphatic heterocycles. The van der Waals surface area contributed by atoms with Crippen molar-refractivity contribution in [1.29, 1.82) is 0 Å². The molecule has 150 valence electrons. The van der Waals surface area contributed by atoms with Crippen LogP contribution in [0.3, 0.4) is 0 Å². The Morgan fingerprint density at radius 2 is 1.68 bits per heavy atom. The lowest BCUT2D eigenvalue weighted by Crippen LogP contribution is -2.38. The summed E-state index contributed by atoms with van der Waals surface area (Å²) < 4.78 is 15.6. The lowest BCUT2D eigenvalue weighted by molar-refractivity contribution is -0.129. The average Bonchev–Trinajstić information content (AvgIpc) is 2.74. The van der Waals surface area contributed by atoms with E-state index in [1.807, 2.05) is 30.3 Å². The van der Waals surface area contributed by atoms with Gasteiger partial charge in [0.2, 0.25) is 0 Å². The average molecular weight is 385 g/mol. The van der Waals surface area contributed by atoms with E-state index in [0.717, 1.165) is 6.42 Å². The van der Waals surface area contributed by atoms with Crippen LogP contribution in [0.2, 0.25) is 0 Å². The highest BCUT2D eigenvalue weighted by Crippen LogP contribution is 2.28. The molecule has 0 aliphatic carbocycles. The molecule has 2 rings (SSSR count). The summed E-state index contributed by atoms with van der Waals surface area (Å²) in [6, 6.07) is 14.7. The molecule has 1 amide bonds. The van der Waals surface area contributed by atoms with Gasteiger partial charge in [-0.1, -0.05) is 37.3 Å². The first-order valence-corrected chi connectivity index (χ1v) is 9.25. The van der Waals surface area contributed by atoms with Gasteiger partial charge in [-0.25, -0.2) is 4.79 Å². The lowest BCUT2D eigenvalue weighted by Gasteiger charge is -2.18. The van der Waals surface area contributed by atoms with Crippen LogP contribution in [0.4, 0.5) is 0 Å². The zero-order chi connectivity index (χ0) is 20.5. The molecule has 1 N–H and O–H groups in total. The SMILES string of the molecule is CC[C@@H](CNC(=O)[C@H](C)OC(=O)c1ccc(OC)c(OC)c1)c1ccccc1. The normalized spacial score (nSPS) is 12.6. The number of ether oxygens (including phenoxy) is 3. The summed E-state index contributed by atoms with van der Waals surface area (Å²) in [5.74, 6) is 0.208. The quantitative estimate of drug-likeness (QED) is 0.668. The Labute approximate surface area is 165 Å². The van der Waals surface area contributed by atoms with Crippen molar-refractivity contribution in [1.82, 2.24) is 5.32 Å². The van der Waals surface area contributed by atoms with Crippen molar-refractivity contribution >= 4 is 11.9 Å². The van der Waals surface area contributed by atoms with Crippen molar-refractivity contribution in [3.8, 4) is 11.5 Å². The number of carbonyl (C=O) groups is 2. The second-order valence-electron chi connectivity index (χ2n) is 6.38. The Kier molecular flexibility index (Phi) is 7.87. The van der Waals surface area contributed by atoms with Gasteiger partial charge in [-0.05, 0) is 37.1 Å². The number of carbonyl (C=O) groups excluding carboxylic acids is 2. The van der Waals surface area contributed by atoms with E-state index in [0.29, 0.717) is 18.0 Å². The van der Waals surface area contributed by atoms with Crippen LogP contribution in [0.25, 0.3) is 0 Å². The minimum absolute atomic E-state index is 0.207. The van der Waals surface area contributed by atoms with Crippen LogP contribution in [-0.2, 0) is 9.53 Å². The zero-order valence-electron chi connectivity index (χ0n) is 16.7. The van der Waals surface area contributed by atoms with Crippen LogP contribution >= 0.6 is 0 Å². The van der Waals surface area contributed by atoms with Gasteiger partial charge in [0.15, 0.2) is 17.6 Å². The van der Waals surface area contributed by atoms with E-state index in [2.05, 4.69) is 12.2 Å². The van der Waals surface area contributed by atoms with Gasteiger partial charge in [-0.15, -0.1) is 0 Å². The summed E-state index contributed by atoms with van der Waals surface area (Å²) in [5, 5.41) is 2.87. The number of hydrogen-bond donors (Lipinski definition) is 1. The molecular formula is C22H27NO5. The monoisotopic (exact) mass is 385 g/mol. The molecule has 0 bridgehead atoms. The smallest absolute Gasteiger partial charge is 0.339 e. The first-order valence-electron chi connectivity index (χ1n) is 9.25. The Bertz CT molecular complexity index is 791. The standard InChI is InChI=1S/C22H27NO5/c1-5-16(17-9-7-6-8-10-17)14-23-21(24)15(2)28-22(25)18-11-12-19(26-3)20(13-18)27-4/h6-13,15-16H,5,14H2,1-4H3,(H,23,24)/t15-,16-/m0/s1. The number of rotatable bonds is 9. The number of nitrogens with one attached hydrogen (secondary N) is 1. The first kappa shape index (κ1) is 21.3. The van der Waals surface area contributed by atoms with E-state index < -0.39 is 12.1 Å². The van der Waals surface area contributed by atoms with Crippen molar-refractivity contribution in [2.24, 2.45) is 0 Å². The van der Waals surface area contributed by atoms with Crippen LogP contribution in [-0.4, -0.2) is 38.7 Å². The van der Waals surface area contributed by atoms with Gasteiger partial charge in [0.1, 0.15) is 0 Å². The topological polar surface area (TPSA) is 73.9 Å². The molecule has 0 aromatic heterocycles. The molecule has 2 aromatic carbocycles. The Balaban J connectivity index is 1.93. The summed E-state index contributed by atoms with van der Waals surface area (Å²) >= 11 is 0. The van der Waals surface area contributed by atoms with E-state index in [9.17, 15) is 9.59 Å². The molecule has 0 aliphatic rings. The van der Waals surface area contributed by atoms with Gasteiger partial charge >= 0.3 is 5.97 Å². The van der Waals surface area contributed by atoms with E-state index in [1.165, 1.54) is 25.8 Å². The van der Waals surface area contributed by atoms with Gasteiger partial charge in [0.25, 0.3) is 5.91 Å². The summed E-state index contributed by atoms with van der Waals surface area (Å²) in [6.07, 6.45) is -0.0155. The first-order chi connectivity index (χ1) is 13.5. The molecule has 0 saturated heterocycles. The summed E-state index contributed by atoms with van der Waals surface area (Å²) in [5.41, 5.74) is 1.45. The van der Waals surface area contributed by atoms with Gasteiger partial charge in [-0.2, -0.15) is 0 Å². The molecule has 28 heavy (non-hydrogen) atoms. The van der Waals surface area contributed by atoms with Gasteiger partial charge in [0.05, 0.1) is 19.8 Å². The van der Waals surface area contributed by atoms with E-state index in [4.69, 9.17) is 14.2 Å². The highest BCUT2D eigenvalue weighted by atomic mass is 16.5. The second-order valence-corrected chi connectivity index (χ2v) is 6.38. The Hall–Kier alpha value is -3.02. The molecule has 2 atom stereocenters. The summed E-state index contributed by atoms with van der Waals surface area (Å²) in [6.45, 7) is 4.11.